The standard InChI is InChI=1S/C25H24N4O/c26-17-16-19-18-27-24(30)28-23(19)29-25(20-10-4-1-5-11-20,21-12-6-2-7-13-21)22-14-8-3-9-15-22/h1-15,18H,16-17,26H2,(H2,27,28,29,30). The van der Waals surface area contributed by atoms with Crippen LogP contribution in [0.5, 0.6) is 0 Å². The van der Waals surface area contributed by atoms with Crippen LogP contribution in [0.15, 0.2) is 102 Å². The molecule has 0 saturated carbocycles. The van der Waals surface area contributed by atoms with Crippen LogP contribution in [-0.4, -0.2) is 16.5 Å². The van der Waals surface area contributed by atoms with Gasteiger partial charge in [-0.2, -0.15) is 0 Å². The maximum Gasteiger partial charge on any atom is 0.346 e. The van der Waals surface area contributed by atoms with Crippen molar-refractivity contribution in [2.24, 2.45) is 5.73 Å². The zero-order chi connectivity index (χ0) is 20.8. The number of rotatable bonds is 7. The van der Waals surface area contributed by atoms with Crippen molar-refractivity contribution >= 4 is 5.82 Å². The lowest BCUT2D eigenvalue weighted by Crippen LogP contribution is -2.39. The lowest BCUT2D eigenvalue weighted by Gasteiger charge is -2.38. The van der Waals surface area contributed by atoms with Crippen molar-refractivity contribution in [1.82, 2.24) is 9.97 Å². The van der Waals surface area contributed by atoms with Gasteiger partial charge >= 0.3 is 5.69 Å². The highest BCUT2D eigenvalue weighted by molar-refractivity contribution is 5.59. The molecule has 1 aromatic heterocycles. The minimum Gasteiger partial charge on any atom is -0.354 e. The van der Waals surface area contributed by atoms with E-state index in [4.69, 9.17) is 5.73 Å². The fourth-order valence-corrected chi connectivity index (χ4v) is 3.85. The number of aromatic nitrogens is 2. The molecule has 0 aliphatic rings. The van der Waals surface area contributed by atoms with Gasteiger partial charge in [-0.25, -0.2) is 9.78 Å². The van der Waals surface area contributed by atoms with Crippen molar-refractivity contribution < 1.29 is 0 Å². The Morgan fingerprint density at radius 1 is 0.800 bits per heavy atom. The summed E-state index contributed by atoms with van der Waals surface area (Å²) in [6.07, 6.45) is 2.19. The second kappa shape index (κ2) is 8.76. The molecule has 30 heavy (non-hydrogen) atoms. The Morgan fingerprint density at radius 3 is 1.70 bits per heavy atom. The number of nitrogens with one attached hydrogen (secondary N) is 2. The average molecular weight is 396 g/mol. The summed E-state index contributed by atoms with van der Waals surface area (Å²) in [6.45, 7) is 0.456. The molecule has 4 N–H and O–H groups in total. The van der Waals surface area contributed by atoms with Crippen LogP contribution in [0.1, 0.15) is 22.3 Å². The zero-order valence-electron chi connectivity index (χ0n) is 16.6. The summed E-state index contributed by atoms with van der Waals surface area (Å²) in [4.78, 5) is 18.9. The number of benzene rings is 3. The third-order valence-electron chi connectivity index (χ3n) is 5.24. The van der Waals surface area contributed by atoms with E-state index in [1.165, 1.54) is 0 Å². The molecule has 0 amide bonds. The third kappa shape index (κ3) is 3.75. The first-order chi connectivity index (χ1) is 14.7. The van der Waals surface area contributed by atoms with Crippen LogP contribution in [0, 0.1) is 0 Å². The van der Waals surface area contributed by atoms with Crippen LogP contribution in [0.4, 0.5) is 5.82 Å². The van der Waals surface area contributed by atoms with Crippen LogP contribution in [0.3, 0.4) is 0 Å². The highest BCUT2D eigenvalue weighted by atomic mass is 16.1. The lowest BCUT2D eigenvalue weighted by atomic mass is 9.77. The molecule has 3 aromatic carbocycles. The molecule has 0 radical (unpaired) electrons. The average Bonchev–Trinajstić information content (AvgIpc) is 2.81. The van der Waals surface area contributed by atoms with E-state index in [2.05, 4.69) is 51.7 Å². The molecule has 0 atom stereocenters. The van der Waals surface area contributed by atoms with Gasteiger partial charge in [0.1, 0.15) is 11.4 Å². The second-order valence-electron chi connectivity index (χ2n) is 7.10. The van der Waals surface area contributed by atoms with Gasteiger partial charge < -0.3 is 11.1 Å². The second-order valence-corrected chi connectivity index (χ2v) is 7.10. The van der Waals surface area contributed by atoms with Gasteiger partial charge in [-0.05, 0) is 29.7 Å². The minimum atomic E-state index is -0.725. The molecule has 0 spiro atoms. The first-order valence-electron chi connectivity index (χ1n) is 9.97. The van der Waals surface area contributed by atoms with Gasteiger partial charge in [0.25, 0.3) is 0 Å². The fraction of sp³-hybridized carbons (Fsp3) is 0.120. The van der Waals surface area contributed by atoms with E-state index >= 15 is 0 Å². The topological polar surface area (TPSA) is 83.8 Å². The molecule has 4 rings (SSSR count). The Kier molecular flexibility index (Phi) is 5.72. The largest absolute Gasteiger partial charge is 0.354 e. The molecule has 0 fully saturated rings. The van der Waals surface area contributed by atoms with E-state index < -0.39 is 11.2 Å². The Balaban J connectivity index is 2.01. The van der Waals surface area contributed by atoms with Gasteiger partial charge in [0.2, 0.25) is 0 Å². The molecular formula is C25H24N4O. The molecule has 0 saturated heterocycles. The van der Waals surface area contributed by atoms with E-state index in [1.807, 2.05) is 54.6 Å². The summed E-state index contributed by atoms with van der Waals surface area (Å²) in [7, 11) is 0. The molecular weight excluding hydrogens is 372 g/mol. The van der Waals surface area contributed by atoms with Crippen molar-refractivity contribution in [3.05, 3.63) is 130 Å². The summed E-state index contributed by atoms with van der Waals surface area (Å²) in [6, 6.07) is 30.7. The monoisotopic (exact) mass is 396 g/mol. The fourth-order valence-electron chi connectivity index (χ4n) is 3.85. The highest BCUT2D eigenvalue weighted by Gasteiger charge is 2.37. The molecule has 150 valence electrons. The van der Waals surface area contributed by atoms with Gasteiger partial charge in [0, 0.05) is 11.8 Å². The van der Waals surface area contributed by atoms with Crippen molar-refractivity contribution in [3.8, 4) is 0 Å². The van der Waals surface area contributed by atoms with Crippen molar-refractivity contribution in [1.29, 1.82) is 0 Å². The Hall–Kier alpha value is -3.70. The van der Waals surface area contributed by atoms with E-state index in [0.29, 0.717) is 18.8 Å². The van der Waals surface area contributed by atoms with Crippen LogP contribution < -0.4 is 16.7 Å². The molecule has 5 heteroatoms. The zero-order valence-corrected chi connectivity index (χ0v) is 16.6. The van der Waals surface area contributed by atoms with Crippen LogP contribution in [-0.2, 0) is 12.0 Å². The highest BCUT2D eigenvalue weighted by Crippen LogP contribution is 2.39. The van der Waals surface area contributed by atoms with E-state index in [1.54, 1.807) is 6.20 Å². The number of hydrogen-bond acceptors (Lipinski definition) is 4. The van der Waals surface area contributed by atoms with Crippen LogP contribution in [0.2, 0.25) is 0 Å². The predicted molar refractivity (Wildman–Crippen MR) is 120 cm³/mol. The Morgan fingerprint density at radius 2 is 1.27 bits per heavy atom. The van der Waals surface area contributed by atoms with Crippen molar-refractivity contribution in [2.45, 2.75) is 12.0 Å². The maximum atomic E-state index is 12.1. The van der Waals surface area contributed by atoms with E-state index in [9.17, 15) is 4.79 Å². The summed E-state index contributed by atoms with van der Waals surface area (Å²) in [5, 5.41) is 3.68. The summed E-state index contributed by atoms with van der Waals surface area (Å²) >= 11 is 0. The smallest absolute Gasteiger partial charge is 0.346 e. The first kappa shape index (κ1) is 19.6. The number of hydrogen-bond donors (Lipinski definition) is 3. The Bertz CT molecular complexity index is 1050. The predicted octanol–water partition coefficient (Wildman–Crippen LogP) is 3.68. The van der Waals surface area contributed by atoms with Gasteiger partial charge in [-0.3, -0.25) is 4.98 Å². The normalized spacial score (nSPS) is 11.2. The maximum absolute atomic E-state index is 12.1. The third-order valence-corrected chi connectivity index (χ3v) is 5.24. The molecule has 4 aromatic rings. The molecule has 0 bridgehead atoms. The quantitative estimate of drug-likeness (QED) is 0.416. The molecule has 0 unspecified atom stereocenters. The van der Waals surface area contributed by atoms with E-state index in [-0.39, 0.29) is 0 Å². The SMILES string of the molecule is NCCc1cnc(=O)[nH]c1NC(c1ccccc1)(c1ccccc1)c1ccccc1. The summed E-state index contributed by atoms with van der Waals surface area (Å²) in [5.41, 5.74) is 8.72. The summed E-state index contributed by atoms with van der Waals surface area (Å²) in [5.74, 6) is 0.622. The first-order valence-corrected chi connectivity index (χ1v) is 9.97. The van der Waals surface area contributed by atoms with Crippen molar-refractivity contribution in [2.75, 3.05) is 11.9 Å². The van der Waals surface area contributed by atoms with Gasteiger partial charge in [0.15, 0.2) is 0 Å². The van der Waals surface area contributed by atoms with Crippen LogP contribution in [0.25, 0.3) is 0 Å². The van der Waals surface area contributed by atoms with Gasteiger partial charge in [-0.1, -0.05) is 91.0 Å². The molecule has 5 nitrogen and oxygen atoms in total. The van der Waals surface area contributed by atoms with Crippen molar-refractivity contribution in [3.63, 3.8) is 0 Å². The van der Waals surface area contributed by atoms with Crippen LogP contribution >= 0.6 is 0 Å². The molecule has 1 heterocycles. The molecule has 0 aliphatic carbocycles. The minimum absolute atomic E-state index is 0.402. The Labute approximate surface area is 175 Å². The number of nitrogens with zero attached hydrogens (tertiary/aromatic N) is 1. The van der Waals surface area contributed by atoms with Gasteiger partial charge in [-0.15, -0.1) is 0 Å². The lowest BCUT2D eigenvalue weighted by molar-refractivity contribution is 0.701. The number of anilines is 1. The number of nitrogens with two attached hydrogens (primary N) is 1. The summed E-state index contributed by atoms with van der Waals surface area (Å²) < 4.78 is 0. The van der Waals surface area contributed by atoms with Gasteiger partial charge in [0.05, 0.1) is 0 Å². The molecule has 0 aliphatic heterocycles. The van der Waals surface area contributed by atoms with E-state index in [0.717, 1.165) is 22.3 Å². The number of aromatic amines is 1. The number of H-pyrrole nitrogens is 1.